The van der Waals surface area contributed by atoms with Gasteiger partial charge in [0.25, 0.3) is 0 Å². The second-order valence-electron chi connectivity index (χ2n) is 7.33. The Labute approximate surface area is 145 Å². The van der Waals surface area contributed by atoms with E-state index < -0.39 is 0 Å². The fourth-order valence-electron chi connectivity index (χ4n) is 4.39. The van der Waals surface area contributed by atoms with Gasteiger partial charge in [0.05, 0.1) is 19.3 Å². The molecular formula is C19H30N4O. The first-order valence-electron chi connectivity index (χ1n) is 9.03. The number of ether oxygens (including phenoxy) is 1. The quantitative estimate of drug-likeness (QED) is 0.683. The van der Waals surface area contributed by atoms with Gasteiger partial charge in [-0.3, -0.25) is 9.98 Å². The van der Waals surface area contributed by atoms with Gasteiger partial charge in [0, 0.05) is 37.5 Å². The summed E-state index contributed by atoms with van der Waals surface area (Å²) in [5.74, 6) is 1.93. The molecule has 0 unspecified atom stereocenters. The fraction of sp³-hybridized carbons (Fsp3) is 0.684. The number of methoxy groups -OCH3 is 1. The highest BCUT2D eigenvalue weighted by Gasteiger charge is 2.41. The molecule has 0 aromatic carbocycles. The highest BCUT2D eigenvalue weighted by Crippen LogP contribution is 2.45. The first-order chi connectivity index (χ1) is 11.6. The van der Waals surface area contributed by atoms with Crippen LogP contribution < -0.4 is 10.1 Å². The largest absolute Gasteiger partial charge is 0.496 e. The molecule has 1 saturated heterocycles. The second kappa shape index (κ2) is 6.99. The topological polar surface area (TPSA) is 49.8 Å². The molecule has 0 amide bonds. The molecule has 2 aliphatic rings. The van der Waals surface area contributed by atoms with Crippen LogP contribution in [0.15, 0.2) is 11.2 Å². The number of nitrogens with zero attached hydrogens (tertiary/aromatic N) is 3. The average molecular weight is 330 g/mol. The minimum absolute atomic E-state index is 0.554. The summed E-state index contributed by atoms with van der Waals surface area (Å²) in [6.07, 6.45) is 8.75. The third-order valence-corrected chi connectivity index (χ3v) is 5.78. The molecular weight excluding hydrogens is 300 g/mol. The van der Waals surface area contributed by atoms with E-state index in [0.29, 0.717) is 12.0 Å². The number of guanidine groups is 1. The van der Waals surface area contributed by atoms with Gasteiger partial charge in [-0.1, -0.05) is 12.8 Å². The molecule has 2 fully saturated rings. The molecule has 132 valence electrons. The van der Waals surface area contributed by atoms with E-state index in [9.17, 15) is 0 Å². The van der Waals surface area contributed by atoms with Gasteiger partial charge in [0.15, 0.2) is 5.96 Å². The highest BCUT2D eigenvalue weighted by atomic mass is 16.5. The van der Waals surface area contributed by atoms with Crippen molar-refractivity contribution in [3.05, 3.63) is 23.0 Å². The minimum Gasteiger partial charge on any atom is -0.496 e. The molecule has 0 atom stereocenters. The number of nitrogens with one attached hydrogen (secondary N) is 1. The summed E-state index contributed by atoms with van der Waals surface area (Å²) in [4.78, 5) is 11.5. The normalized spacial score (nSPS) is 20.0. The summed E-state index contributed by atoms with van der Waals surface area (Å²) in [5, 5.41) is 3.50. The van der Waals surface area contributed by atoms with E-state index in [2.05, 4.69) is 27.1 Å². The Kier molecular flexibility index (Phi) is 4.97. The summed E-state index contributed by atoms with van der Waals surface area (Å²) in [7, 11) is 3.59. The predicted octanol–water partition coefficient (Wildman–Crippen LogP) is 3.05. The lowest BCUT2D eigenvalue weighted by molar-refractivity contribution is 0.309. The first-order valence-corrected chi connectivity index (χ1v) is 9.03. The Bertz CT molecular complexity index is 620. The van der Waals surface area contributed by atoms with E-state index in [1.165, 1.54) is 32.1 Å². The van der Waals surface area contributed by atoms with E-state index in [-0.39, 0.29) is 0 Å². The maximum Gasteiger partial charge on any atom is 0.193 e. The Balaban J connectivity index is 1.65. The predicted molar refractivity (Wildman–Crippen MR) is 97.6 cm³/mol. The van der Waals surface area contributed by atoms with Crippen LogP contribution in [0.25, 0.3) is 0 Å². The number of pyridine rings is 1. The molecule has 1 aliphatic heterocycles. The summed E-state index contributed by atoms with van der Waals surface area (Å²) in [6, 6.07) is 0. The highest BCUT2D eigenvalue weighted by molar-refractivity contribution is 5.80. The molecule has 1 aromatic heterocycles. The van der Waals surface area contributed by atoms with E-state index in [0.717, 1.165) is 41.6 Å². The zero-order chi connectivity index (χ0) is 17.2. The number of rotatable bonds is 3. The third-order valence-electron chi connectivity index (χ3n) is 5.78. The van der Waals surface area contributed by atoms with E-state index in [1.54, 1.807) is 7.11 Å². The van der Waals surface area contributed by atoms with Gasteiger partial charge in [-0.2, -0.15) is 0 Å². The number of likely N-dealkylation sites (tertiary alicyclic amines) is 1. The first kappa shape index (κ1) is 17.1. The minimum atomic E-state index is 0.554. The molecule has 1 spiro atoms. The number of aromatic nitrogens is 1. The summed E-state index contributed by atoms with van der Waals surface area (Å²) in [5.41, 5.74) is 3.76. The molecule has 0 bridgehead atoms. The Morgan fingerprint density at radius 3 is 2.75 bits per heavy atom. The van der Waals surface area contributed by atoms with Crippen LogP contribution in [-0.2, 0) is 6.54 Å². The van der Waals surface area contributed by atoms with Gasteiger partial charge >= 0.3 is 0 Å². The lowest BCUT2D eigenvalue weighted by Gasteiger charge is -2.26. The van der Waals surface area contributed by atoms with Gasteiger partial charge < -0.3 is 15.0 Å². The smallest absolute Gasteiger partial charge is 0.193 e. The molecule has 24 heavy (non-hydrogen) atoms. The van der Waals surface area contributed by atoms with Crippen LogP contribution in [0.1, 0.15) is 48.9 Å². The van der Waals surface area contributed by atoms with Crippen LogP contribution >= 0.6 is 0 Å². The van der Waals surface area contributed by atoms with Crippen molar-refractivity contribution in [1.29, 1.82) is 0 Å². The molecule has 1 aromatic rings. The maximum absolute atomic E-state index is 5.50. The summed E-state index contributed by atoms with van der Waals surface area (Å²) >= 11 is 0. The maximum atomic E-state index is 5.50. The van der Waals surface area contributed by atoms with Crippen LogP contribution in [0.3, 0.4) is 0 Å². The lowest BCUT2D eigenvalue weighted by atomic mass is 9.86. The van der Waals surface area contributed by atoms with Crippen LogP contribution in [0.4, 0.5) is 0 Å². The van der Waals surface area contributed by atoms with E-state index >= 15 is 0 Å². The van der Waals surface area contributed by atoms with Crippen molar-refractivity contribution in [3.8, 4) is 5.75 Å². The zero-order valence-electron chi connectivity index (χ0n) is 15.5. The van der Waals surface area contributed by atoms with Crippen LogP contribution in [0.2, 0.25) is 0 Å². The summed E-state index contributed by atoms with van der Waals surface area (Å²) < 4.78 is 5.50. The molecule has 1 aliphatic carbocycles. The van der Waals surface area contributed by atoms with Crippen molar-refractivity contribution in [1.82, 2.24) is 15.2 Å². The van der Waals surface area contributed by atoms with Crippen molar-refractivity contribution in [3.63, 3.8) is 0 Å². The third kappa shape index (κ3) is 3.21. The fourth-order valence-corrected chi connectivity index (χ4v) is 4.39. The molecule has 1 saturated carbocycles. The molecule has 1 N–H and O–H groups in total. The van der Waals surface area contributed by atoms with Gasteiger partial charge in [0.2, 0.25) is 0 Å². The van der Waals surface area contributed by atoms with Gasteiger partial charge in [-0.25, -0.2) is 0 Å². The standard InChI is InChI=1S/C19H30N4O/c1-14-11-21-16(15(2)17(14)24-4)12-22-18(20-3)23-10-9-19(13-23)7-5-6-8-19/h11H,5-10,12-13H2,1-4H3,(H,20,22). The molecule has 5 nitrogen and oxygen atoms in total. The van der Waals surface area contributed by atoms with Crippen molar-refractivity contribution in [2.75, 3.05) is 27.2 Å². The summed E-state index contributed by atoms with van der Waals surface area (Å²) in [6.45, 7) is 7.04. The Morgan fingerprint density at radius 1 is 1.33 bits per heavy atom. The van der Waals surface area contributed by atoms with E-state index in [1.807, 2.05) is 20.2 Å². The SMILES string of the molecule is CN=C(NCc1ncc(C)c(OC)c1C)N1CCC2(CCCC2)C1. The molecule has 0 radical (unpaired) electrons. The number of aliphatic imine (C=N–C) groups is 1. The second-order valence-corrected chi connectivity index (χ2v) is 7.33. The zero-order valence-corrected chi connectivity index (χ0v) is 15.5. The van der Waals surface area contributed by atoms with Crippen molar-refractivity contribution in [2.24, 2.45) is 10.4 Å². The van der Waals surface area contributed by atoms with Gasteiger partial charge in [-0.05, 0) is 38.5 Å². The Hall–Kier alpha value is -1.78. The lowest BCUT2D eigenvalue weighted by Crippen LogP contribution is -2.40. The monoisotopic (exact) mass is 330 g/mol. The van der Waals surface area contributed by atoms with Gasteiger partial charge in [0.1, 0.15) is 5.75 Å². The van der Waals surface area contributed by atoms with Gasteiger partial charge in [-0.15, -0.1) is 0 Å². The number of hydrogen-bond acceptors (Lipinski definition) is 3. The van der Waals surface area contributed by atoms with Crippen molar-refractivity contribution in [2.45, 2.75) is 52.5 Å². The van der Waals surface area contributed by atoms with E-state index in [4.69, 9.17) is 4.74 Å². The number of hydrogen-bond donors (Lipinski definition) is 1. The van der Waals surface area contributed by atoms with Crippen LogP contribution in [0, 0.1) is 19.3 Å². The van der Waals surface area contributed by atoms with Crippen molar-refractivity contribution >= 4 is 5.96 Å². The average Bonchev–Trinajstić information content (AvgIpc) is 3.21. The van der Waals surface area contributed by atoms with Crippen LogP contribution in [0.5, 0.6) is 5.75 Å². The number of aryl methyl sites for hydroxylation is 1. The molecule has 2 heterocycles. The Morgan fingerprint density at radius 2 is 2.08 bits per heavy atom. The van der Waals surface area contributed by atoms with Crippen molar-refractivity contribution < 1.29 is 4.74 Å². The van der Waals surface area contributed by atoms with Crippen LogP contribution in [-0.4, -0.2) is 43.1 Å². The molecule has 5 heteroatoms. The molecule has 3 rings (SSSR count).